The van der Waals surface area contributed by atoms with Crippen molar-refractivity contribution in [3.05, 3.63) is 42.0 Å². The number of rotatable bonds is 6. The summed E-state index contributed by atoms with van der Waals surface area (Å²) in [5.74, 6) is -0.215. The molecule has 0 bridgehead atoms. The van der Waals surface area contributed by atoms with Crippen molar-refractivity contribution in [1.82, 2.24) is 0 Å². The summed E-state index contributed by atoms with van der Waals surface area (Å²) in [6.07, 6.45) is 6.07. The van der Waals surface area contributed by atoms with Crippen LogP contribution in [0.5, 0.6) is 5.75 Å². The maximum Gasteiger partial charge on any atom is 0.335 e. The Hall–Kier alpha value is -1.77. The topological polar surface area (TPSA) is 46.5 Å². The molecule has 0 saturated carbocycles. The van der Waals surface area contributed by atoms with Crippen molar-refractivity contribution in [3.8, 4) is 5.75 Å². The van der Waals surface area contributed by atoms with Crippen LogP contribution >= 0.6 is 0 Å². The van der Waals surface area contributed by atoms with Crippen molar-refractivity contribution in [2.24, 2.45) is 0 Å². The lowest BCUT2D eigenvalue weighted by atomic mass is 10.2. The maximum atomic E-state index is 10.6. The summed E-state index contributed by atoms with van der Waals surface area (Å²) in [7, 11) is 0. The third-order valence-corrected chi connectivity index (χ3v) is 2.06. The van der Waals surface area contributed by atoms with Crippen molar-refractivity contribution in [3.63, 3.8) is 0 Å². The summed E-state index contributed by atoms with van der Waals surface area (Å²) in [5, 5.41) is 8.70. The van der Waals surface area contributed by atoms with Crippen LogP contribution in [0.25, 0.3) is 0 Å². The van der Waals surface area contributed by atoms with Crippen LogP contribution in [0.15, 0.2) is 36.4 Å². The fourth-order valence-corrected chi connectivity index (χ4v) is 1.22. The molecule has 3 heteroatoms. The highest BCUT2D eigenvalue weighted by molar-refractivity contribution is 5.87. The third-order valence-electron chi connectivity index (χ3n) is 2.06. The molecule has 0 radical (unpaired) electrons. The second-order valence-corrected chi connectivity index (χ2v) is 3.35. The van der Waals surface area contributed by atoms with Crippen molar-refractivity contribution in [2.45, 2.75) is 19.8 Å². The first-order valence-corrected chi connectivity index (χ1v) is 5.35. The maximum absolute atomic E-state index is 10.6. The van der Waals surface area contributed by atoms with Crippen molar-refractivity contribution in [2.75, 3.05) is 6.61 Å². The smallest absolute Gasteiger partial charge is 0.335 e. The van der Waals surface area contributed by atoms with Crippen molar-refractivity contribution in [1.29, 1.82) is 0 Å². The molecule has 0 saturated heterocycles. The molecule has 0 aliphatic heterocycles. The minimum absolute atomic E-state index is 0.276. The van der Waals surface area contributed by atoms with E-state index in [-0.39, 0.29) is 5.56 Å². The van der Waals surface area contributed by atoms with Gasteiger partial charge in [-0.05, 0) is 37.1 Å². The van der Waals surface area contributed by atoms with Gasteiger partial charge in [0.25, 0.3) is 0 Å². The van der Waals surface area contributed by atoms with E-state index in [9.17, 15) is 4.79 Å². The van der Waals surface area contributed by atoms with Gasteiger partial charge in [0, 0.05) is 0 Å². The highest BCUT2D eigenvalue weighted by atomic mass is 16.5. The monoisotopic (exact) mass is 220 g/mol. The molecule has 1 aromatic rings. The van der Waals surface area contributed by atoms with Gasteiger partial charge in [0.05, 0.1) is 12.2 Å². The number of benzene rings is 1. The van der Waals surface area contributed by atoms with E-state index >= 15 is 0 Å². The molecule has 0 atom stereocenters. The molecule has 0 spiro atoms. The fraction of sp³-hybridized carbons (Fsp3) is 0.308. The van der Waals surface area contributed by atoms with Crippen molar-refractivity contribution < 1.29 is 14.6 Å². The Labute approximate surface area is 95.4 Å². The molecule has 86 valence electrons. The van der Waals surface area contributed by atoms with Gasteiger partial charge in [-0.1, -0.05) is 19.1 Å². The quantitative estimate of drug-likeness (QED) is 0.591. The number of carbonyl (C=O) groups is 1. The summed E-state index contributed by atoms with van der Waals surface area (Å²) in [4.78, 5) is 10.6. The summed E-state index contributed by atoms with van der Waals surface area (Å²) >= 11 is 0. The van der Waals surface area contributed by atoms with Crippen LogP contribution in [0.4, 0.5) is 0 Å². The lowest BCUT2D eigenvalue weighted by Gasteiger charge is -2.04. The largest absolute Gasteiger partial charge is 0.493 e. The fourth-order valence-electron chi connectivity index (χ4n) is 1.22. The molecule has 0 unspecified atom stereocenters. The molecule has 0 heterocycles. The van der Waals surface area contributed by atoms with Crippen LogP contribution in [0, 0.1) is 0 Å². The lowest BCUT2D eigenvalue weighted by Crippen LogP contribution is -1.98. The third kappa shape index (κ3) is 4.17. The molecule has 0 aromatic heterocycles. The number of allylic oxidation sites excluding steroid dienone is 1. The van der Waals surface area contributed by atoms with E-state index in [1.165, 1.54) is 0 Å². The van der Waals surface area contributed by atoms with Gasteiger partial charge in [-0.2, -0.15) is 0 Å². The van der Waals surface area contributed by atoms with Crippen LogP contribution in [-0.4, -0.2) is 17.7 Å². The molecular weight excluding hydrogens is 204 g/mol. The first-order chi connectivity index (χ1) is 7.74. The van der Waals surface area contributed by atoms with Gasteiger partial charge in [0.15, 0.2) is 0 Å². The number of hydrogen-bond donors (Lipinski definition) is 1. The highest BCUT2D eigenvalue weighted by Gasteiger charge is 2.01. The van der Waals surface area contributed by atoms with Crippen LogP contribution < -0.4 is 4.74 Å². The predicted molar refractivity (Wildman–Crippen MR) is 62.9 cm³/mol. The normalized spacial score (nSPS) is 10.6. The van der Waals surface area contributed by atoms with Gasteiger partial charge in [-0.15, -0.1) is 0 Å². The molecule has 1 N–H and O–H groups in total. The summed E-state index contributed by atoms with van der Waals surface area (Å²) in [6, 6.07) is 6.43. The molecule has 0 aliphatic carbocycles. The minimum atomic E-state index is -0.919. The van der Waals surface area contributed by atoms with Crippen LogP contribution in [0.2, 0.25) is 0 Å². The van der Waals surface area contributed by atoms with Gasteiger partial charge < -0.3 is 9.84 Å². The Morgan fingerprint density at radius 1 is 1.31 bits per heavy atom. The second-order valence-electron chi connectivity index (χ2n) is 3.35. The molecule has 1 rings (SSSR count). The number of carboxylic acid groups (broad SMARTS) is 1. The van der Waals surface area contributed by atoms with E-state index in [4.69, 9.17) is 9.84 Å². The van der Waals surface area contributed by atoms with Gasteiger partial charge in [0.2, 0.25) is 0 Å². The lowest BCUT2D eigenvalue weighted by molar-refractivity contribution is 0.0697. The molecule has 0 aliphatic rings. The number of hydrogen-bond acceptors (Lipinski definition) is 2. The predicted octanol–water partition coefficient (Wildman–Crippen LogP) is 3.12. The molecule has 16 heavy (non-hydrogen) atoms. The SMILES string of the molecule is CCC=CCCOc1ccc(C(=O)O)cc1. The van der Waals surface area contributed by atoms with Gasteiger partial charge in [0.1, 0.15) is 5.75 Å². The summed E-state index contributed by atoms with van der Waals surface area (Å²) in [6.45, 7) is 2.70. The van der Waals surface area contributed by atoms with Crippen LogP contribution in [0.1, 0.15) is 30.1 Å². The van der Waals surface area contributed by atoms with Crippen LogP contribution in [-0.2, 0) is 0 Å². The number of aromatic carboxylic acids is 1. The van der Waals surface area contributed by atoms with Crippen molar-refractivity contribution >= 4 is 5.97 Å². The Morgan fingerprint density at radius 3 is 2.56 bits per heavy atom. The van der Waals surface area contributed by atoms with Gasteiger partial charge in [-0.3, -0.25) is 0 Å². The zero-order chi connectivity index (χ0) is 11.8. The van der Waals surface area contributed by atoms with E-state index < -0.39 is 5.97 Å². The van der Waals surface area contributed by atoms with E-state index in [0.29, 0.717) is 12.4 Å². The second kappa shape index (κ2) is 6.67. The molecule has 0 fully saturated rings. The van der Waals surface area contributed by atoms with E-state index in [1.54, 1.807) is 24.3 Å². The Morgan fingerprint density at radius 2 is 2.00 bits per heavy atom. The standard InChI is InChI=1S/C13H16O3/c1-2-3-4-5-10-16-12-8-6-11(7-9-12)13(14)15/h3-4,6-9H,2,5,10H2,1H3,(H,14,15). The average molecular weight is 220 g/mol. The van der Waals surface area contributed by atoms with E-state index in [1.807, 2.05) is 0 Å². The zero-order valence-corrected chi connectivity index (χ0v) is 9.35. The minimum Gasteiger partial charge on any atom is -0.493 e. The van der Waals surface area contributed by atoms with E-state index in [2.05, 4.69) is 19.1 Å². The average Bonchev–Trinajstić information content (AvgIpc) is 2.29. The summed E-state index contributed by atoms with van der Waals surface area (Å²) in [5.41, 5.74) is 0.276. The van der Waals surface area contributed by atoms with E-state index in [0.717, 1.165) is 12.8 Å². The van der Waals surface area contributed by atoms with Crippen LogP contribution in [0.3, 0.4) is 0 Å². The Kier molecular flexibility index (Phi) is 5.12. The molecular formula is C13H16O3. The molecule has 3 nitrogen and oxygen atoms in total. The Bertz CT molecular complexity index is 352. The summed E-state index contributed by atoms with van der Waals surface area (Å²) < 4.78 is 5.44. The van der Waals surface area contributed by atoms with Gasteiger partial charge >= 0.3 is 5.97 Å². The number of carboxylic acids is 1. The Balaban J connectivity index is 2.37. The van der Waals surface area contributed by atoms with Gasteiger partial charge in [-0.25, -0.2) is 4.79 Å². The highest BCUT2D eigenvalue weighted by Crippen LogP contribution is 2.12. The first-order valence-electron chi connectivity index (χ1n) is 5.35. The zero-order valence-electron chi connectivity index (χ0n) is 9.35. The molecule has 1 aromatic carbocycles. The molecule has 0 amide bonds. The first kappa shape index (κ1) is 12.3. The number of ether oxygens (including phenoxy) is 1.